The number of benzene rings is 2. The van der Waals surface area contributed by atoms with Crippen molar-refractivity contribution in [3.63, 3.8) is 0 Å². The van der Waals surface area contributed by atoms with Gasteiger partial charge in [-0.15, -0.1) is 0 Å². The molecule has 2 aromatic carbocycles. The standard InChI is InChI=1S/C25H26O3/c1-25(2,16-17-9-5-3-6-10-17)21-15-20(26)23(24(27)28-21)22(19-13-14-19)18-11-7-4-8-12-18/h3-12,15,19,22,26H,13-14,16H2,1-2H3. The number of rotatable bonds is 6. The Balaban J connectivity index is 1.71. The quantitative estimate of drug-likeness (QED) is 0.628. The summed E-state index contributed by atoms with van der Waals surface area (Å²) in [5.41, 5.74) is 1.80. The zero-order valence-corrected chi connectivity index (χ0v) is 16.4. The van der Waals surface area contributed by atoms with Crippen LogP contribution in [0, 0.1) is 5.92 Å². The molecule has 1 aliphatic rings. The highest BCUT2D eigenvalue weighted by Gasteiger charge is 2.38. The molecule has 1 atom stereocenters. The molecular weight excluding hydrogens is 348 g/mol. The average molecular weight is 374 g/mol. The highest BCUT2D eigenvalue weighted by molar-refractivity contribution is 5.42. The molecule has 0 bridgehead atoms. The van der Waals surface area contributed by atoms with E-state index in [-0.39, 0.29) is 11.7 Å². The van der Waals surface area contributed by atoms with E-state index in [0.29, 0.717) is 17.2 Å². The number of hydrogen-bond acceptors (Lipinski definition) is 3. The van der Waals surface area contributed by atoms with Gasteiger partial charge in [-0.2, -0.15) is 0 Å². The molecule has 1 fully saturated rings. The molecule has 1 unspecified atom stereocenters. The number of hydrogen-bond donors (Lipinski definition) is 1. The molecule has 0 amide bonds. The van der Waals surface area contributed by atoms with Crippen molar-refractivity contribution in [1.29, 1.82) is 0 Å². The van der Waals surface area contributed by atoms with Crippen molar-refractivity contribution >= 4 is 0 Å². The Morgan fingerprint density at radius 1 is 1.04 bits per heavy atom. The van der Waals surface area contributed by atoms with Gasteiger partial charge >= 0.3 is 5.63 Å². The lowest BCUT2D eigenvalue weighted by molar-refractivity contribution is 0.337. The second-order valence-corrected chi connectivity index (χ2v) is 8.47. The van der Waals surface area contributed by atoms with Gasteiger partial charge in [0.2, 0.25) is 0 Å². The molecule has 28 heavy (non-hydrogen) atoms. The summed E-state index contributed by atoms with van der Waals surface area (Å²) in [4.78, 5) is 13.0. The van der Waals surface area contributed by atoms with Gasteiger partial charge in [-0.25, -0.2) is 4.79 Å². The molecule has 1 N–H and O–H groups in total. The van der Waals surface area contributed by atoms with Crippen molar-refractivity contribution in [2.75, 3.05) is 0 Å². The Bertz CT molecular complexity index is 999. The third-order valence-electron chi connectivity index (χ3n) is 5.69. The molecule has 1 aromatic heterocycles. The maximum absolute atomic E-state index is 13.0. The van der Waals surface area contributed by atoms with Crippen LogP contribution in [0.1, 0.15) is 55.1 Å². The second kappa shape index (κ2) is 7.31. The van der Waals surface area contributed by atoms with E-state index in [1.165, 1.54) is 5.56 Å². The van der Waals surface area contributed by atoms with Crippen molar-refractivity contribution in [3.8, 4) is 5.75 Å². The molecule has 3 nitrogen and oxygen atoms in total. The predicted octanol–water partition coefficient (Wildman–Crippen LogP) is 5.41. The van der Waals surface area contributed by atoms with E-state index < -0.39 is 11.0 Å². The molecule has 0 radical (unpaired) electrons. The van der Waals surface area contributed by atoms with Gasteiger partial charge < -0.3 is 9.52 Å². The fourth-order valence-corrected chi connectivity index (χ4v) is 4.07. The summed E-state index contributed by atoms with van der Waals surface area (Å²) in [7, 11) is 0. The Morgan fingerprint density at radius 2 is 1.64 bits per heavy atom. The van der Waals surface area contributed by atoms with Crippen LogP contribution < -0.4 is 5.63 Å². The van der Waals surface area contributed by atoms with Crippen molar-refractivity contribution in [1.82, 2.24) is 0 Å². The minimum Gasteiger partial charge on any atom is -0.507 e. The van der Waals surface area contributed by atoms with Crippen molar-refractivity contribution in [2.45, 2.75) is 44.4 Å². The van der Waals surface area contributed by atoms with Gasteiger partial charge in [0.15, 0.2) is 0 Å². The zero-order valence-electron chi connectivity index (χ0n) is 16.4. The molecule has 1 aliphatic carbocycles. The van der Waals surface area contributed by atoms with Crippen LogP contribution in [0.2, 0.25) is 0 Å². The lowest BCUT2D eigenvalue weighted by atomic mass is 9.82. The summed E-state index contributed by atoms with van der Waals surface area (Å²) in [6.07, 6.45) is 2.86. The summed E-state index contributed by atoms with van der Waals surface area (Å²) < 4.78 is 5.79. The smallest absolute Gasteiger partial charge is 0.343 e. The average Bonchev–Trinajstić information content (AvgIpc) is 3.50. The largest absolute Gasteiger partial charge is 0.507 e. The van der Waals surface area contributed by atoms with Gasteiger partial charge in [0, 0.05) is 17.4 Å². The summed E-state index contributed by atoms with van der Waals surface area (Å²) >= 11 is 0. The van der Waals surface area contributed by atoms with E-state index in [4.69, 9.17) is 4.42 Å². The highest BCUT2D eigenvalue weighted by atomic mass is 16.4. The second-order valence-electron chi connectivity index (χ2n) is 8.47. The maximum atomic E-state index is 13.0. The fraction of sp³-hybridized carbons (Fsp3) is 0.320. The first kappa shape index (κ1) is 18.5. The first-order chi connectivity index (χ1) is 13.5. The molecule has 1 saturated carbocycles. The number of aromatic hydroxyl groups is 1. The van der Waals surface area contributed by atoms with Gasteiger partial charge in [-0.1, -0.05) is 74.5 Å². The summed E-state index contributed by atoms with van der Waals surface area (Å²) in [5.74, 6) is 0.849. The van der Waals surface area contributed by atoms with Gasteiger partial charge in [-0.3, -0.25) is 0 Å². The van der Waals surface area contributed by atoms with E-state index in [1.807, 2.05) is 62.4 Å². The Kier molecular flexibility index (Phi) is 4.84. The van der Waals surface area contributed by atoms with Crippen LogP contribution in [-0.2, 0) is 11.8 Å². The lowest BCUT2D eigenvalue weighted by Crippen LogP contribution is -2.24. The van der Waals surface area contributed by atoms with Gasteiger partial charge in [0.05, 0.1) is 5.56 Å². The lowest BCUT2D eigenvalue weighted by Gasteiger charge is -2.25. The van der Waals surface area contributed by atoms with Crippen molar-refractivity contribution in [3.05, 3.63) is 99.6 Å². The molecule has 4 rings (SSSR count). The summed E-state index contributed by atoms with van der Waals surface area (Å²) in [6.45, 7) is 4.07. The normalized spacial score (nSPS) is 15.4. The van der Waals surface area contributed by atoms with E-state index in [0.717, 1.165) is 24.8 Å². The molecule has 144 valence electrons. The van der Waals surface area contributed by atoms with Crippen molar-refractivity contribution in [2.24, 2.45) is 5.92 Å². The molecule has 3 heteroatoms. The van der Waals surface area contributed by atoms with Gasteiger partial charge in [-0.05, 0) is 36.3 Å². The SMILES string of the molecule is CC(C)(Cc1ccccc1)c1cc(O)c(C(c2ccccc2)C2CC2)c(=O)o1. The minimum absolute atomic E-state index is 0.0492. The maximum Gasteiger partial charge on any atom is 0.343 e. The Morgan fingerprint density at radius 3 is 2.21 bits per heavy atom. The van der Waals surface area contributed by atoms with Crippen LogP contribution in [0.5, 0.6) is 5.75 Å². The molecule has 0 aliphatic heterocycles. The zero-order chi connectivity index (χ0) is 19.7. The molecule has 0 spiro atoms. The first-order valence-corrected chi connectivity index (χ1v) is 9.92. The topological polar surface area (TPSA) is 50.4 Å². The van der Waals surface area contributed by atoms with E-state index in [1.54, 1.807) is 6.07 Å². The molecule has 1 heterocycles. The minimum atomic E-state index is -0.420. The van der Waals surface area contributed by atoms with Crippen LogP contribution in [-0.4, -0.2) is 5.11 Å². The van der Waals surface area contributed by atoms with Crippen LogP contribution >= 0.6 is 0 Å². The van der Waals surface area contributed by atoms with E-state index in [9.17, 15) is 9.90 Å². The summed E-state index contributed by atoms with van der Waals surface area (Å²) in [5, 5.41) is 10.9. The van der Waals surface area contributed by atoms with E-state index >= 15 is 0 Å². The van der Waals surface area contributed by atoms with Gasteiger partial charge in [0.1, 0.15) is 11.5 Å². The fourth-order valence-electron chi connectivity index (χ4n) is 4.07. The Labute approximate surface area is 165 Å². The highest BCUT2D eigenvalue weighted by Crippen LogP contribution is 2.47. The van der Waals surface area contributed by atoms with Gasteiger partial charge in [0.25, 0.3) is 0 Å². The van der Waals surface area contributed by atoms with Crippen LogP contribution in [0.3, 0.4) is 0 Å². The Hall–Kier alpha value is -2.81. The van der Waals surface area contributed by atoms with Crippen LogP contribution in [0.15, 0.2) is 75.9 Å². The third-order valence-corrected chi connectivity index (χ3v) is 5.69. The third kappa shape index (κ3) is 3.75. The van der Waals surface area contributed by atoms with Crippen molar-refractivity contribution < 1.29 is 9.52 Å². The van der Waals surface area contributed by atoms with E-state index in [2.05, 4.69) is 12.1 Å². The van der Waals surface area contributed by atoms with Crippen LogP contribution in [0.4, 0.5) is 0 Å². The predicted molar refractivity (Wildman–Crippen MR) is 111 cm³/mol. The van der Waals surface area contributed by atoms with Crippen LogP contribution in [0.25, 0.3) is 0 Å². The summed E-state index contributed by atoms with van der Waals surface area (Å²) in [6, 6.07) is 21.7. The molecular formula is C25H26O3. The first-order valence-electron chi connectivity index (χ1n) is 9.92. The molecule has 0 saturated heterocycles. The molecule has 3 aromatic rings. The monoisotopic (exact) mass is 374 g/mol.